The molecule has 2 heterocycles. The van der Waals surface area contributed by atoms with Crippen LogP contribution < -0.4 is 20.0 Å². The van der Waals surface area contributed by atoms with Gasteiger partial charge in [0.15, 0.2) is 0 Å². The fourth-order valence-electron chi connectivity index (χ4n) is 3.96. The molecule has 0 bridgehead atoms. The third-order valence-electron chi connectivity index (χ3n) is 5.54. The highest BCUT2D eigenvalue weighted by molar-refractivity contribution is 5.86. The number of nitrogens with one attached hydrogen (secondary N) is 1. The molecule has 1 atom stereocenters. The molecular formula is C23H26NO4+. The lowest BCUT2D eigenvalue weighted by molar-refractivity contribution is -0.932. The van der Waals surface area contributed by atoms with Gasteiger partial charge in [0, 0.05) is 29.0 Å². The van der Waals surface area contributed by atoms with E-state index < -0.39 is 0 Å². The average molecular weight is 380 g/mol. The summed E-state index contributed by atoms with van der Waals surface area (Å²) in [5, 5.41) is 1.03. The Labute approximate surface area is 164 Å². The van der Waals surface area contributed by atoms with Crippen molar-refractivity contribution in [3.05, 3.63) is 69.1 Å². The number of quaternary nitrogens is 1. The molecule has 0 spiro atoms. The smallest absolute Gasteiger partial charge is 0.336 e. The first kappa shape index (κ1) is 18.6. The van der Waals surface area contributed by atoms with Gasteiger partial charge >= 0.3 is 5.63 Å². The lowest BCUT2D eigenvalue weighted by Gasteiger charge is -2.27. The first-order chi connectivity index (χ1) is 13.6. The van der Waals surface area contributed by atoms with E-state index in [1.165, 1.54) is 16.0 Å². The summed E-state index contributed by atoms with van der Waals surface area (Å²) in [5.41, 5.74) is 4.80. The maximum atomic E-state index is 11.9. The highest BCUT2D eigenvalue weighted by Gasteiger charge is 2.25. The Morgan fingerprint density at radius 1 is 1.18 bits per heavy atom. The van der Waals surface area contributed by atoms with Crippen molar-refractivity contribution in [2.24, 2.45) is 0 Å². The third kappa shape index (κ3) is 3.50. The van der Waals surface area contributed by atoms with Gasteiger partial charge in [0.05, 0.1) is 13.7 Å². The molecule has 0 saturated carbocycles. The SMILES string of the molecule is CCc1cc(=O)oc2c(C)c3c(cc12)C[NH+](CCc1ccc(OC)cc1)CO3. The Hall–Kier alpha value is -2.79. The number of aryl methyl sites for hydroxylation is 2. The molecule has 5 nitrogen and oxygen atoms in total. The first-order valence-corrected chi connectivity index (χ1v) is 9.77. The van der Waals surface area contributed by atoms with E-state index in [9.17, 15) is 4.79 Å². The van der Waals surface area contributed by atoms with Crippen molar-refractivity contribution >= 4 is 11.0 Å². The van der Waals surface area contributed by atoms with Crippen LogP contribution in [0, 0.1) is 6.92 Å². The monoisotopic (exact) mass is 380 g/mol. The summed E-state index contributed by atoms with van der Waals surface area (Å²) in [7, 11) is 1.68. The largest absolute Gasteiger partial charge is 0.497 e. The Balaban J connectivity index is 1.56. The second kappa shape index (κ2) is 7.68. The number of hydrogen-bond donors (Lipinski definition) is 1. The molecule has 1 aliphatic heterocycles. The van der Waals surface area contributed by atoms with Crippen LogP contribution in [0.2, 0.25) is 0 Å². The molecule has 5 heteroatoms. The molecule has 0 amide bonds. The quantitative estimate of drug-likeness (QED) is 0.692. The summed E-state index contributed by atoms with van der Waals surface area (Å²) in [6.07, 6.45) is 1.79. The second-order valence-corrected chi connectivity index (χ2v) is 7.37. The Morgan fingerprint density at radius 3 is 2.68 bits per heavy atom. The van der Waals surface area contributed by atoms with E-state index in [4.69, 9.17) is 13.9 Å². The summed E-state index contributed by atoms with van der Waals surface area (Å²) in [6.45, 7) is 6.56. The van der Waals surface area contributed by atoms with Crippen molar-refractivity contribution < 1.29 is 18.8 Å². The predicted molar refractivity (Wildman–Crippen MR) is 108 cm³/mol. The minimum atomic E-state index is -0.296. The minimum absolute atomic E-state index is 0.296. The number of benzene rings is 2. The Kier molecular flexibility index (Phi) is 5.09. The Bertz CT molecular complexity index is 1050. The number of ether oxygens (including phenoxy) is 2. The van der Waals surface area contributed by atoms with Gasteiger partial charge in [-0.05, 0) is 42.7 Å². The molecular weight excluding hydrogens is 354 g/mol. The van der Waals surface area contributed by atoms with Gasteiger partial charge in [-0.3, -0.25) is 4.90 Å². The first-order valence-electron chi connectivity index (χ1n) is 9.77. The van der Waals surface area contributed by atoms with E-state index in [0.29, 0.717) is 12.3 Å². The molecule has 1 unspecified atom stereocenters. The molecule has 28 heavy (non-hydrogen) atoms. The molecule has 0 fully saturated rings. The molecule has 0 aliphatic carbocycles. The van der Waals surface area contributed by atoms with E-state index in [1.54, 1.807) is 13.2 Å². The highest BCUT2D eigenvalue weighted by atomic mass is 16.5. The van der Waals surface area contributed by atoms with Crippen molar-refractivity contribution in [2.75, 3.05) is 20.4 Å². The van der Waals surface area contributed by atoms with Crippen LogP contribution in [0.25, 0.3) is 11.0 Å². The molecule has 3 aromatic rings. The van der Waals surface area contributed by atoms with Crippen molar-refractivity contribution in [2.45, 2.75) is 33.2 Å². The lowest BCUT2D eigenvalue weighted by Crippen LogP contribution is -3.12. The number of methoxy groups -OCH3 is 1. The summed E-state index contributed by atoms with van der Waals surface area (Å²) < 4.78 is 16.8. The van der Waals surface area contributed by atoms with Gasteiger partial charge in [-0.1, -0.05) is 19.1 Å². The summed E-state index contributed by atoms with van der Waals surface area (Å²) in [4.78, 5) is 13.3. The van der Waals surface area contributed by atoms with E-state index in [2.05, 4.69) is 25.1 Å². The summed E-state index contributed by atoms with van der Waals surface area (Å²) in [6, 6.07) is 12.0. The zero-order valence-corrected chi connectivity index (χ0v) is 16.6. The molecule has 0 saturated heterocycles. The van der Waals surface area contributed by atoms with Crippen molar-refractivity contribution in [1.82, 2.24) is 0 Å². The lowest BCUT2D eigenvalue weighted by atomic mass is 9.99. The predicted octanol–water partition coefficient (Wildman–Crippen LogP) is 2.65. The zero-order valence-electron chi connectivity index (χ0n) is 16.6. The maximum absolute atomic E-state index is 11.9. The number of rotatable bonds is 5. The number of fused-ring (bicyclic) bond motifs is 2. The van der Waals surface area contributed by atoms with E-state index >= 15 is 0 Å². The van der Waals surface area contributed by atoms with Gasteiger partial charge < -0.3 is 13.9 Å². The van der Waals surface area contributed by atoms with Crippen LogP contribution in [0.5, 0.6) is 11.5 Å². The van der Waals surface area contributed by atoms with E-state index in [1.807, 2.05) is 19.1 Å². The standard InChI is InChI=1S/C23H25NO4/c1-4-17-12-21(25)28-23-15(2)22-18(11-20(17)23)13-24(14-27-22)10-9-16-5-7-19(26-3)8-6-16/h5-8,11-12H,4,9-10,13-14H2,1-3H3/p+1. The van der Waals surface area contributed by atoms with Crippen molar-refractivity contribution in [3.8, 4) is 11.5 Å². The zero-order chi connectivity index (χ0) is 19.7. The molecule has 4 rings (SSSR count). The van der Waals surface area contributed by atoms with Crippen LogP contribution in [-0.4, -0.2) is 20.4 Å². The van der Waals surface area contributed by atoms with E-state index in [-0.39, 0.29) is 5.63 Å². The minimum Gasteiger partial charge on any atom is -0.497 e. The van der Waals surface area contributed by atoms with Crippen LogP contribution in [0.15, 0.2) is 45.6 Å². The maximum Gasteiger partial charge on any atom is 0.336 e. The van der Waals surface area contributed by atoms with E-state index in [0.717, 1.165) is 53.9 Å². The molecule has 2 aromatic carbocycles. The van der Waals surface area contributed by atoms with Crippen LogP contribution in [-0.2, 0) is 19.4 Å². The van der Waals surface area contributed by atoms with Crippen molar-refractivity contribution in [3.63, 3.8) is 0 Å². The summed E-state index contributed by atoms with van der Waals surface area (Å²) in [5.74, 6) is 1.75. The van der Waals surface area contributed by atoms with Crippen molar-refractivity contribution in [1.29, 1.82) is 0 Å². The molecule has 1 aromatic heterocycles. The highest BCUT2D eigenvalue weighted by Crippen LogP contribution is 2.33. The van der Waals surface area contributed by atoms with Gasteiger partial charge in [0.1, 0.15) is 23.6 Å². The average Bonchev–Trinajstić information content (AvgIpc) is 2.72. The normalized spacial score (nSPS) is 15.9. The summed E-state index contributed by atoms with van der Waals surface area (Å²) >= 11 is 0. The fourth-order valence-corrected chi connectivity index (χ4v) is 3.96. The number of hydrogen-bond acceptors (Lipinski definition) is 4. The van der Waals surface area contributed by atoms with Gasteiger partial charge in [0.2, 0.25) is 6.73 Å². The molecule has 1 N–H and O–H groups in total. The van der Waals surface area contributed by atoms with Crippen LogP contribution >= 0.6 is 0 Å². The Morgan fingerprint density at radius 2 is 1.96 bits per heavy atom. The molecule has 146 valence electrons. The third-order valence-corrected chi connectivity index (χ3v) is 5.54. The van der Waals surface area contributed by atoms with Crippen LogP contribution in [0.1, 0.15) is 29.2 Å². The van der Waals surface area contributed by atoms with Gasteiger partial charge in [-0.25, -0.2) is 4.79 Å². The van der Waals surface area contributed by atoms with Crippen LogP contribution in [0.3, 0.4) is 0 Å². The van der Waals surface area contributed by atoms with Gasteiger partial charge in [-0.15, -0.1) is 0 Å². The molecule has 0 radical (unpaired) electrons. The van der Waals surface area contributed by atoms with Crippen LogP contribution in [0.4, 0.5) is 0 Å². The second-order valence-electron chi connectivity index (χ2n) is 7.37. The van der Waals surface area contributed by atoms with Gasteiger partial charge in [-0.2, -0.15) is 0 Å². The topological polar surface area (TPSA) is 53.1 Å². The molecule has 1 aliphatic rings. The fraction of sp³-hybridized carbons (Fsp3) is 0.348. The van der Waals surface area contributed by atoms with Gasteiger partial charge in [0.25, 0.3) is 0 Å².